The quantitative estimate of drug-likeness (QED) is 0.480. The summed E-state index contributed by atoms with van der Waals surface area (Å²) in [5.74, 6) is 0. The van der Waals surface area contributed by atoms with Crippen molar-refractivity contribution in [2.75, 3.05) is 0 Å². The van der Waals surface area contributed by atoms with Crippen molar-refractivity contribution in [3.8, 4) is 0 Å². The van der Waals surface area contributed by atoms with Gasteiger partial charge < -0.3 is 0 Å². The number of imidazole rings is 1. The highest BCUT2D eigenvalue weighted by atomic mass is 15.0. The normalized spacial score (nSPS) is 17.7. The molecule has 0 spiro atoms. The molecule has 0 bridgehead atoms. The molecule has 1 aliphatic rings. The molecule has 1 saturated carbocycles. The Morgan fingerprint density at radius 3 is 2.58 bits per heavy atom. The van der Waals surface area contributed by atoms with Gasteiger partial charge in [-0.25, -0.2) is 9.97 Å². The second kappa shape index (κ2) is 5.04. The molecule has 3 heterocycles. The van der Waals surface area contributed by atoms with Crippen LogP contribution in [0.5, 0.6) is 0 Å². The fourth-order valence-corrected chi connectivity index (χ4v) is 4.34. The number of para-hydroxylation sites is 1. The largest absolute Gasteiger partial charge is 0.298 e. The molecule has 24 heavy (non-hydrogen) atoms. The molecule has 0 N–H and O–H groups in total. The molecular weight excluding hydrogens is 294 g/mol. The Hall–Kier alpha value is -2.42. The lowest BCUT2D eigenvalue weighted by atomic mass is 9.72. The molecule has 3 nitrogen and oxygen atoms in total. The molecule has 1 fully saturated rings. The van der Waals surface area contributed by atoms with Crippen LogP contribution in [0.3, 0.4) is 0 Å². The van der Waals surface area contributed by atoms with Gasteiger partial charge >= 0.3 is 0 Å². The zero-order valence-electron chi connectivity index (χ0n) is 14.0. The third-order valence-electron chi connectivity index (χ3n) is 5.67. The van der Waals surface area contributed by atoms with Gasteiger partial charge in [0, 0.05) is 17.0 Å². The molecule has 0 saturated heterocycles. The monoisotopic (exact) mass is 315 g/mol. The van der Waals surface area contributed by atoms with Crippen LogP contribution in [-0.4, -0.2) is 14.4 Å². The van der Waals surface area contributed by atoms with Crippen LogP contribution in [-0.2, 0) is 5.41 Å². The molecule has 0 radical (unpaired) electrons. The second-order valence-electron chi connectivity index (χ2n) is 7.34. The minimum Gasteiger partial charge on any atom is -0.298 e. The lowest BCUT2D eigenvalue weighted by Gasteiger charge is -2.33. The Morgan fingerprint density at radius 2 is 1.71 bits per heavy atom. The van der Waals surface area contributed by atoms with Gasteiger partial charge in [0.05, 0.1) is 16.7 Å². The maximum Gasteiger partial charge on any atom is 0.137 e. The van der Waals surface area contributed by atoms with Gasteiger partial charge in [-0.15, -0.1) is 0 Å². The highest BCUT2D eigenvalue weighted by Crippen LogP contribution is 2.42. The topological polar surface area (TPSA) is 30.2 Å². The fraction of sp³-hybridized carbons (Fsp3) is 0.333. The molecule has 0 unspecified atom stereocenters. The average Bonchev–Trinajstić information content (AvgIpc) is 3.01. The summed E-state index contributed by atoms with van der Waals surface area (Å²) in [4.78, 5) is 10.1. The van der Waals surface area contributed by atoms with E-state index in [2.05, 4.69) is 60.0 Å². The average molecular weight is 315 g/mol. The predicted molar refractivity (Wildman–Crippen MR) is 98.4 cm³/mol. The number of rotatable bonds is 1. The third-order valence-corrected chi connectivity index (χ3v) is 5.67. The van der Waals surface area contributed by atoms with E-state index >= 15 is 0 Å². The van der Waals surface area contributed by atoms with Gasteiger partial charge in [0.1, 0.15) is 11.2 Å². The highest BCUT2D eigenvalue weighted by molar-refractivity contribution is 6.04. The molecular formula is C21H21N3. The van der Waals surface area contributed by atoms with Crippen molar-refractivity contribution in [3.63, 3.8) is 0 Å². The van der Waals surface area contributed by atoms with Crippen LogP contribution >= 0.6 is 0 Å². The summed E-state index contributed by atoms with van der Waals surface area (Å²) < 4.78 is 2.23. The van der Waals surface area contributed by atoms with Crippen LogP contribution in [0.25, 0.3) is 27.6 Å². The van der Waals surface area contributed by atoms with Gasteiger partial charge in [0.2, 0.25) is 0 Å². The van der Waals surface area contributed by atoms with Crippen LogP contribution in [0.2, 0.25) is 0 Å². The number of pyridine rings is 2. The first-order valence-electron chi connectivity index (χ1n) is 8.92. The van der Waals surface area contributed by atoms with Crippen molar-refractivity contribution in [1.82, 2.24) is 14.4 Å². The van der Waals surface area contributed by atoms with Gasteiger partial charge in [-0.2, -0.15) is 0 Å². The Bertz CT molecular complexity index is 1050. The molecule has 4 aromatic rings. The van der Waals surface area contributed by atoms with E-state index in [1.165, 1.54) is 43.3 Å². The fourth-order valence-electron chi connectivity index (χ4n) is 4.34. The maximum atomic E-state index is 5.16. The number of nitrogens with zero attached hydrogens (tertiary/aromatic N) is 3. The molecule has 3 aromatic heterocycles. The van der Waals surface area contributed by atoms with Crippen LogP contribution in [0.4, 0.5) is 0 Å². The van der Waals surface area contributed by atoms with Crippen molar-refractivity contribution >= 4 is 27.6 Å². The van der Waals surface area contributed by atoms with E-state index in [0.717, 1.165) is 22.1 Å². The van der Waals surface area contributed by atoms with E-state index in [9.17, 15) is 0 Å². The zero-order valence-corrected chi connectivity index (χ0v) is 14.0. The summed E-state index contributed by atoms with van der Waals surface area (Å²) in [5, 5.41) is 1.15. The molecule has 0 amide bonds. The van der Waals surface area contributed by atoms with Crippen LogP contribution < -0.4 is 0 Å². The smallest absolute Gasteiger partial charge is 0.137 e. The predicted octanol–water partition coefficient (Wildman–Crippen LogP) is 5.26. The number of benzene rings is 1. The highest BCUT2D eigenvalue weighted by Gasteiger charge is 2.33. The molecule has 1 aliphatic carbocycles. The van der Waals surface area contributed by atoms with Gasteiger partial charge in [-0.3, -0.25) is 4.40 Å². The maximum absolute atomic E-state index is 5.16. The van der Waals surface area contributed by atoms with Gasteiger partial charge in [0.25, 0.3) is 0 Å². The van der Waals surface area contributed by atoms with Crippen molar-refractivity contribution in [2.24, 2.45) is 0 Å². The van der Waals surface area contributed by atoms with Gasteiger partial charge in [-0.05, 0) is 31.0 Å². The standard InChI is InChI=1S/C21H21N3/c1-21(12-6-2-7-13-21)20-19-18(15-9-3-4-10-16(15)22-20)23-17-11-5-8-14-24(17)19/h3-5,8-11,14H,2,6-7,12-13H2,1H3. The van der Waals surface area contributed by atoms with Crippen molar-refractivity contribution < 1.29 is 0 Å². The third kappa shape index (κ3) is 1.90. The minimum atomic E-state index is 0.145. The number of hydrogen-bond acceptors (Lipinski definition) is 2. The van der Waals surface area contributed by atoms with Crippen LogP contribution in [0, 0.1) is 0 Å². The molecule has 5 rings (SSSR count). The van der Waals surface area contributed by atoms with E-state index in [1.807, 2.05) is 0 Å². The van der Waals surface area contributed by atoms with E-state index in [-0.39, 0.29) is 5.41 Å². The first-order chi connectivity index (χ1) is 11.8. The van der Waals surface area contributed by atoms with Crippen LogP contribution in [0.1, 0.15) is 44.7 Å². The van der Waals surface area contributed by atoms with E-state index in [4.69, 9.17) is 9.97 Å². The van der Waals surface area contributed by atoms with Gasteiger partial charge in [-0.1, -0.05) is 50.5 Å². The Morgan fingerprint density at radius 1 is 0.917 bits per heavy atom. The van der Waals surface area contributed by atoms with E-state index in [1.54, 1.807) is 0 Å². The zero-order chi connectivity index (χ0) is 16.1. The van der Waals surface area contributed by atoms with Crippen molar-refractivity contribution in [2.45, 2.75) is 44.4 Å². The van der Waals surface area contributed by atoms with Crippen molar-refractivity contribution in [1.29, 1.82) is 0 Å². The van der Waals surface area contributed by atoms with E-state index < -0.39 is 0 Å². The molecule has 1 aromatic carbocycles. The van der Waals surface area contributed by atoms with Gasteiger partial charge in [0.15, 0.2) is 0 Å². The minimum absolute atomic E-state index is 0.145. The summed E-state index contributed by atoms with van der Waals surface area (Å²) in [6.07, 6.45) is 8.49. The summed E-state index contributed by atoms with van der Waals surface area (Å²) in [7, 11) is 0. The summed E-state index contributed by atoms with van der Waals surface area (Å²) in [6.45, 7) is 2.39. The number of hydrogen-bond donors (Lipinski definition) is 0. The molecule has 0 aliphatic heterocycles. The Kier molecular flexibility index (Phi) is 2.93. The van der Waals surface area contributed by atoms with Crippen LogP contribution in [0.15, 0.2) is 48.7 Å². The molecule has 120 valence electrons. The summed E-state index contributed by atoms with van der Waals surface area (Å²) in [5.41, 5.74) is 5.74. The number of aromatic nitrogens is 3. The lowest BCUT2D eigenvalue weighted by molar-refractivity contribution is 0.315. The Labute approximate surface area is 141 Å². The molecule has 0 atom stereocenters. The van der Waals surface area contributed by atoms with Crippen molar-refractivity contribution in [3.05, 3.63) is 54.4 Å². The first kappa shape index (κ1) is 14.0. The SMILES string of the molecule is CC1(c2nc3ccccc3c3nc4ccccn4c23)CCCCC1. The number of fused-ring (bicyclic) bond motifs is 5. The summed E-state index contributed by atoms with van der Waals surface area (Å²) in [6, 6.07) is 14.6. The lowest BCUT2D eigenvalue weighted by Crippen LogP contribution is -2.27. The molecule has 3 heteroatoms. The Balaban J connectivity index is 1.96. The summed E-state index contributed by atoms with van der Waals surface area (Å²) >= 11 is 0. The first-order valence-corrected chi connectivity index (χ1v) is 8.92. The second-order valence-corrected chi connectivity index (χ2v) is 7.34. The van der Waals surface area contributed by atoms with E-state index in [0.29, 0.717) is 0 Å².